The summed E-state index contributed by atoms with van der Waals surface area (Å²) in [6.07, 6.45) is 5.33. The summed E-state index contributed by atoms with van der Waals surface area (Å²) in [7, 11) is 0. The van der Waals surface area contributed by atoms with Gasteiger partial charge in [0.25, 0.3) is 0 Å². The van der Waals surface area contributed by atoms with Crippen LogP contribution in [0.15, 0.2) is 29.2 Å². The van der Waals surface area contributed by atoms with Gasteiger partial charge < -0.3 is 5.73 Å². The molecule has 1 aromatic carbocycles. The highest BCUT2D eigenvalue weighted by Crippen LogP contribution is 2.32. The Labute approximate surface area is 107 Å². The number of rotatable bonds is 5. The number of hydrogen-bond acceptors (Lipinski definition) is 2. The highest BCUT2D eigenvalue weighted by Gasteiger charge is 2.20. The number of thioether (sulfide) groups is 1. The largest absolute Gasteiger partial charge is 0.327 e. The van der Waals surface area contributed by atoms with Crippen LogP contribution >= 0.6 is 23.4 Å². The first-order valence-corrected chi connectivity index (χ1v) is 7.25. The Bertz CT molecular complexity index is 338. The van der Waals surface area contributed by atoms with Crippen LogP contribution in [0.5, 0.6) is 0 Å². The van der Waals surface area contributed by atoms with Crippen LogP contribution in [0.3, 0.4) is 0 Å². The first-order chi connectivity index (χ1) is 7.75. The summed E-state index contributed by atoms with van der Waals surface area (Å²) in [6, 6.07) is 8.28. The molecular weight excluding hydrogens is 238 g/mol. The minimum absolute atomic E-state index is 0.312. The SMILES string of the molecule is NC(CSc1ccccc1Cl)CC1CCC1. The third-order valence-electron chi connectivity index (χ3n) is 3.15. The summed E-state index contributed by atoms with van der Waals surface area (Å²) in [5.74, 6) is 1.86. The van der Waals surface area contributed by atoms with Gasteiger partial charge in [0.05, 0.1) is 5.02 Å². The molecule has 0 amide bonds. The number of halogens is 1. The minimum Gasteiger partial charge on any atom is -0.327 e. The monoisotopic (exact) mass is 255 g/mol. The van der Waals surface area contributed by atoms with Crippen LogP contribution in [0.4, 0.5) is 0 Å². The molecule has 0 radical (unpaired) electrons. The molecular formula is C13H18ClNS. The van der Waals surface area contributed by atoms with Gasteiger partial charge in [-0.3, -0.25) is 0 Å². The van der Waals surface area contributed by atoms with E-state index in [1.165, 1.54) is 25.7 Å². The fourth-order valence-electron chi connectivity index (χ4n) is 1.98. The standard InChI is InChI=1S/C13H18ClNS/c14-12-6-1-2-7-13(12)16-9-11(15)8-10-4-3-5-10/h1-2,6-7,10-11H,3-5,8-9,15H2. The lowest BCUT2D eigenvalue weighted by Crippen LogP contribution is -2.28. The second-order valence-corrected chi connectivity index (χ2v) is 6.00. The predicted octanol–water partition coefficient (Wildman–Crippen LogP) is 3.95. The molecule has 0 aliphatic heterocycles. The molecule has 0 saturated heterocycles. The minimum atomic E-state index is 0.312. The van der Waals surface area contributed by atoms with Crippen molar-refractivity contribution in [3.63, 3.8) is 0 Å². The van der Waals surface area contributed by atoms with Crippen LogP contribution in [0.1, 0.15) is 25.7 Å². The first-order valence-electron chi connectivity index (χ1n) is 5.88. The van der Waals surface area contributed by atoms with Crippen LogP contribution in [0.25, 0.3) is 0 Å². The van der Waals surface area contributed by atoms with Crippen LogP contribution in [0.2, 0.25) is 5.02 Å². The van der Waals surface area contributed by atoms with Gasteiger partial charge in [-0.1, -0.05) is 43.0 Å². The number of hydrogen-bond donors (Lipinski definition) is 1. The molecule has 3 heteroatoms. The molecule has 2 rings (SSSR count). The number of nitrogens with two attached hydrogens (primary N) is 1. The van der Waals surface area contributed by atoms with Gasteiger partial charge in [-0.2, -0.15) is 0 Å². The molecule has 1 aliphatic carbocycles. The quantitative estimate of drug-likeness (QED) is 0.807. The van der Waals surface area contributed by atoms with Crippen molar-refractivity contribution in [1.82, 2.24) is 0 Å². The van der Waals surface area contributed by atoms with E-state index in [1.807, 2.05) is 18.2 Å². The Kier molecular flexibility index (Phi) is 4.56. The van der Waals surface area contributed by atoms with E-state index in [1.54, 1.807) is 11.8 Å². The first kappa shape index (κ1) is 12.3. The van der Waals surface area contributed by atoms with E-state index in [9.17, 15) is 0 Å². The van der Waals surface area contributed by atoms with Crippen LogP contribution in [-0.4, -0.2) is 11.8 Å². The lowest BCUT2D eigenvalue weighted by atomic mass is 9.81. The molecule has 1 fully saturated rings. The maximum Gasteiger partial charge on any atom is 0.0541 e. The summed E-state index contributed by atoms with van der Waals surface area (Å²) >= 11 is 7.87. The Morgan fingerprint density at radius 2 is 2.12 bits per heavy atom. The molecule has 1 aliphatic rings. The third kappa shape index (κ3) is 3.41. The van der Waals surface area contributed by atoms with E-state index in [0.717, 1.165) is 21.6 Å². The highest BCUT2D eigenvalue weighted by atomic mass is 35.5. The molecule has 16 heavy (non-hydrogen) atoms. The van der Waals surface area contributed by atoms with Crippen molar-refractivity contribution in [1.29, 1.82) is 0 Å². The van der Waals surface area contributed by atoms with Gasteiger partial charge in [0.2, 0.25) is 0 Å². The van der Waals surface area contributed by atoms with Gasteiger partial charge in [-0.05, 0) is 24.5 Å². The summed E-state index contributed by atoms with van der Waals surface area (Å²) in [4.78, 5) is 1.15. The van der Waals surface area contributed by atoms with Gasteiger partial charge in [-0.15, -0.1) is 11.8 Å². The van der Waals surface area contributed by atoms with Crippen molar-refractivity contribution in [3.8, 4) is 0 Å². The van der Waals surface area contributed by atoms with Gasteiger partial charge in [0.1, 0.15) is 0 Å². The zero-order chi connectivity index (χ0) is 11.4. The fourth-order valence-corrected chi connectivity index (χ4v) is 3.19. The smallest absolute Gasteiger partial charge is 0.0541 e. The Morgan fingerprint density at radius 1 is 1.38 bits per heavy atom. The zero-order valence-corrected chi connectivity index (χ0v) is 10.9. The second kappa shape index (κ2) is 5.95. The van der Waals surface area contributed by atoms with Crippen molar-refractivity contribution < 1.29 is 0 Å². The summed E-state index contributed by atoms with van der Waals surface area (Å²) in [5.41, 5.74) is 6.12. The molecule has 1 nitrogen and oxygen atoms in total. The van der Waals surface area contributed by atoms with Gasteiger partial charge in [0, 0.05) is 16.7 Å². The molecule has 1 aromatic rings. The summed E-state index contributed by atoms with van der Waals surface area (Å²) < 4.78 is 0. The molecule has 88 valence electrons. The topological polar surface area (TPSA) is 26.0 Å². The Balaban J connectivity index is 1.75. The second-order valence-electron chi connectivity index (χ2n) is 4.53. The van der Waals surface area contributed by atoms with E-state index in [4.69, 9.17) is 17.3 Å². The average Bonchev–Trinajstić information content (AvgIpc) is 2.22. The van der Waals surface area contributed by atoms with E-state index in [-0.39, 0.29) is 0 Å². The Morgan fingerprint density at radius 3 is 2.75 bits per heavy atom. The normalized spacial score (nSPS) is 18.1. The third-order valence-corrected chi connectivity index (χ3v) is 4.85. The molecule has 0 heterocycles. The zero-order valence-electron chi connectivity index (χ0n) is 9.36. The van der Waals surface area contributed by atoms with E-state index in [2.05, 4.69) is 6.07 Å². The lowest BCUT2D eigenvalue weighted by Gasteiger charge is -2.27. The van der Waals surface area contributed by atoms with Crippen molar-refractivity contribution in [2.75, 3.05) is 5.75 Å². The van der Waals surface area contributed by atoms with Crippen molar-refractivity contribution in [3.05, 3.63) is 29.3 Å². The van der Waals surface area contributed by atoms with E-state index >= 15 is 0 Å². The van der Waals surface area contributed by atoms with Crippen molar-refractivity contribution in [2.45, 2.75) is 36.6 Å². The van der Waals surface area contributed by atoms with E-state index < -0.39 is 0 Å². The van der Waals surface area contributed by atoms with Gasteiger partial charge >= 0.3 is 0 Å². The maximum absolute atomic E-state index is 6.12. The molecule has 2 N–H and O–H groups in total. The molecule has 1 unspecified atom stereocenters. The Hall–Kier alpha value is -0.180. The molecule has 1 atom stereocenters. The summed E-state index contributed by atoms with van der Waals surface area (Å²) in [6.45, 7) is 0. The number of benzene rings is 1. The van der Waals surface area contributed by atoms with Crippen molar-refractivity contribution >= 4 is 23.4 Å². The van der Waals surface area contributed by atoms with E-state index in [0.29, 0.717) is 6.04 Å². The summed E-state index contributed by atoms with van der Waals surface area (Å²) in [5, 5.41) is 0.836. The molecule has 0 bridgehead atoms. The highest BCUT2D eigenvalue weighted by molar-refractivity contribution is 7.99. The van der Waals surface area contributed by atoms with Crippen LogP contribution in [0, 0.1) is 5.92 Å². The maximum atomic E-state index is 6.12. The predicted molar refractivity (Wildman–Crippen MR) is 72.1 cm³/mol. The van der Waals surface area contributed by atoms with Crippen LogP contribution in [-0.2, 0) is 0 Å². The van der Waals surface area contributed by atoms with Gasteiger partial charge in [-0.25, -0.2) is 0 Å². The molecule has 0 aromatic heterocycles. The molecule has 0 spiro atoms. The van der Waals surface area contributed by atoms with Crippen LogP contribution < -0.4 is 5.73 Å². The molecule has 1 saturated carbocycles. The fraction of sp³-hybridized carbons (Fsp3) is 0.538. The lowest BCUT2D eigenvalue weighted by molar-refractivity contribution is 0.282. The van der Waals surface area contributed by atoms with Crippen molar-refractivity contribution in [2.24, 2.45) is 11.7 Å². The average molecular weight is 256 g/mol. The van der Waals surface area contributed by atoms with Gasteiger partial charge in [0.15, 0.2) is 0 Å².